The van der Waals surface area contributed by atoms with Crippen LogP contribution in [0.1, 0.15) is 12.8 Å². The summed E-state index contributed by atoms with van der Waals surface area (Å²) >= 11 is 1.62. The van der Waals surface area contributed by atoms with Gasteiger partial charge in [-0.25, -0.2) is 8.78 Å². The highest BCUT2D eigenvalue weighted by molar-refractivity contribution is 7.98. The number of nitrogens with zero attached hydrogens (tertiary/aromatic N) is 2. The predicted molar refractivity (Wildman–Crippen MR) is 122 cm³/mol. The molecule has 0 amide bonds. The van der Waals surface area contributed by atoms with Gasteiger partial charge in [0, 0.05) is 11.4 Å². The third-order valence-corrected chi connectivity index (χ3v) is 6.13. The Balaban J connectivity index is 1.67. The maximum absolute atomic E-state index is 15.3. The summed E-state index contributed by atoms with van der Waals surface area (Å²) in [6, 6.07) is 18.5. The normalized spacial score (nSPS) is 16.9. The van der Waals surface area contributed by atoms with Gasteiger partial charge in [-0.1, -0.05) is 24.3 Å². The van der Waals surface area contributed by atoms with Crippen LogP contribution in [0, 0.1) is 11.6 Å². The van der Waals surface area contributed by atoms with Gasteiger partial charge in [-0.15, -0.1) is 16.9 Å². The van der Waals surface area contributed by atoms with Gasteiger partial charge in [-0.05, 0) is 72.7 Å². The Labute approximate surface area is 184 Å². The molecule has 1 heterocycles. The summed E-state index contributed by atoms with van der Waals surface area (Å²) in [6.45, 7) is 0.552. The standard InChI is InChI=1S/C24H23F2N3OS/c1-31-24-7-3-2-6-21(24)17-8-13-23(22(26)15-17)28-14-4-5-20(16-30)29(28)27-19-11-9-18(25)10-12-19/h2-3,6-13,15-16,20,27H,4-5,14H2,1H3. The lowest BCUT2D eigenvalue weighted by atomic mass is 10.0. The van der Waals surface area contributed by atoms with Crippen LogP contribution in [0.2, 0.25) is 0 Å². The summed E-state index contributed by atoms with van der Waals surface area (Å²) in [7, 11) is 0. The number of benzene rings is 3. The number of nitrogens with one attached hydrogen (secondary N) is 1. The Bertz CT molecular complexity index is 1060. The molecule has 3 aromatic carbocycles. The zero-order valence-corrected chi connectivity index (χ0v) is 17.9. The van der Waals surface area contributed by atoms with Crippen LogP contribution in [0.15, 0.2) is 71.6 Å². The number of hydrogen-bond acceptors (Lipinski definition) is 5. The topological polar surface area (TPSA) is 35.6 Å². The molecule has 4 rings (SSSR count). The van der Waals surface area contributed by atoms with Gasteiger partial charge in [0.25, 0.3) is 0 Å². The molecule has 1 N–H and O–H groups in total. The van der Waals surface area contributed by atoms with Crippen molar-refractivity contribution in [1.29, 1.82) is 0 Å². The Hall–Kier alpha value is -2.90. The van der Waals surface area contributed by atoms with Crippen molar-refractivity contribution in [3.05, 3.63) is 78.4 Å². The molecule has 160 valence electrons. The van der Waals surface area contributed by atoms with Gasteiger partial charge in [-0.2, -0.15) is 0 Å². The van der Waals surface area contributed by atoms with Crippen molar-refractivity contribution in [3.63, 3.8) is 0 Å². The minimum absolute atomic E-state index is 0.347. The molecule has 7 heteroatoms. The van der Waals surface area contributed by atoms with Crippen LogP contribution >= 0.6 is 11.8 Å². The summed E-state index contributed by atoms with van der Waals surface area (Å²) < 4.78 is 28.6. The van der Waals surface area contributed by atoms with Gasteiger partial charge in [0.1, 0.15) is 24.0 Å². The number of rotatable bonds is 6. The molecular weight excluding hydrogens is 416 g/mol. The predicted octanol–water partition coefficient (Wildman–Crippen LogP) is 5.77. The molecule has 1 aliphatic heterocycles. The van der Waals surface area contributed by atoms with Crippen molar-refractivity contribution in [1.82, 2.24) is 5.12 Å². The van der Waals surface area contributed by atoms with Gasteiger partial charge in [0.05, 0.1) is 11.4 Å². The highest BCUT2D eigenvalue weighted by Crippen LogP contribution is 2.34. The van der Waals surface area contributed by atoms with Crippen molar-refractivity contribution in [2.75, 3.05) is 23.2 Å². The second-order valence-corrected chi connectivity index (χ2v) is 8.15. The van der Waals surface area contributed by atoms with E-state index in [1.807, 2.05) is 36.6 Å². The molecule has 1 saturated heterocycles. The SMILES string of the molecule is CSc1ccccc1-c1ccc(N2CCCC(C=O)N2Nc2ccc(F)cc2)c(F)c1. The number of hydrogen-bond donors (Lipinski definition) is 1. The van der Waals surface area contributed by atoms with E-state index in [2.05, 4.69) is 5.43 Å². The lowest BCUT2D eigenvalue weighted by Crippen LogP contribution is -2.56. The summed E-state index contributed by atoms with van der Waals surface area (Å²) in [5.41, 5.74) is 5.92. The fraction of sp³-hybridized carbons (Fsp3) is 0.208. The molecular formula is C24H23F2N3OS. The fourth-order valence-electron chi connectivity index (χ4n) is 3.79. The quantitative estimate of drug-likeness (QED) is 0.390. The summed E-state index contributed by atoms with van der Waals surface area (Å²) in [6.07, 6.45) is 4.25. The number of carbonyl (C=O) groups excluding carboxylic acids is 1. The summed E-state index contributed by atoms with van der Waals surface area (Å²) in [5.74, 6) is -0.717. The number of carbonyl (C=O) groups is 1. The number of aldehydes is 1. The molecule has 0 saturated carbocycles. The van der Waals surface area contributed by atoms with Gasteiger partial charge < -0.3 is 10.2 Å². The molecule has 1 unspecified atom stereocenters. The lowest BCUT2D eigenvalue weighted by Gasteiger charge is -2.43. The molecule has 31 heavy (non-hydrogen) atoms. The number of thioether (sulfide) groups is 1. The van der Waals surface area contributed by atoms with Crippen LogP contribution in [0.5, 0.6) is 0 Å². The Morgan fingerprint density at radius 2 is 1.84 bits per heavy atom. The maximum Gasteiger partial charge on any atom is 0.148 e. The zero-order chi connectivity index (χ0) is 21.8. The van der Waals surface area contributed by atoms with Gasteiger partial charge >= 0.3 is 0 Å². The summed E-state index contributed by atoms with van der Waals surface area (Å²) in [4.78, 5) is 12.8. The fourth-order valence-corrected chi connectivity index (χ4v) is 4.41. The smallest absolute Gasteiger partial charge is 0.148 e. The molecule has 3 aromatic rings. The average molecular weight is 440 g/mol. The van der Waals surface area contributed by atoms with Gasteiger partial charge in [0.2, 0.25) is 0 Å². The average Bonchev–Trinajstić information content (AvgIpc) is 2.80. The molecule has 0 aliphatic carbocycles. The highest BCUT2D eigenvalue weighted by Gasteiger charge is 2.31. The van der Waals surface area contributed by atoms with E-state index in [4.69, 9.17) is 0 Å². The lowest BCUT2D eigenvalue weighted by molar-refractivity contribution is -0.113. The third-order valence-electron chi connectivity index (χ3n) is 5.33. The van der Waals surface area contributed by atoms with Gasteiger partial charge in [0.15, 0.2) is 0 Å². The van der Waals surface area contributed by atoms with E-state index >= 15 is 4.39 Å². The first kappa shape index (κ1) is 21.3. The third kappa shape index (κ3) is 4.57. The Morgan fingerprint density at radius 3 is 2.55 bits per heavy atom. The molecule has 1 atom stereocenters. The molecule has 0 bridgehead atoms. The van der Waals surface area contributed by atoms with Crippen molar-refractivity contribution in [2.24, 2.45) is 0 Å². The zero-order valence-electron chi connectivity index (χ0n) is 17.1. The largest absolute Gasteiger partial charge is 0.301 e. The maximum atomic E-state index is 15.3. The summed E-state index contributed by atoms with van der Waals surface area (Å²) in [5, 5.41) is 3.38. The second kappa shape index (κ2) is 9.49. The Morgan fingerprint density at radius 1 is 1.06 bits per heavy atom. The number of anilines is 2. The van der Waals surface area contributed by atoms with E-state index in [0.717, 1.165) is 28.7 Å². The van der Waals surface area contributed by atoms with E-state index in [1.54, 1.807) is 40.1 Å². The van der Waals surface area contributed by atoms with E-state index in [0.29, 0.717) is 24.3 Å². The van der Waals surface area contributed by atoms with Crippen LogP contribution < -0.4 is 10.4 Å². The number of halogens is 2. The van der Waals surface area contributed by atoms with E-state index in [-0.39, 0.29) is 11.6 Å². The molecule has 0 aromatic heterocycles. The van der Waals surface area contributed by atoms with Crippen LogP contribution in [0.4, 0.5) is 20.2 Å². The second-order valence-electron chi connectivity index (χ2n) is 7.30. The molecule has 0 radical (unpaired) electrons. The monoisotopic (exact) mass is 439 g/mol. The van der Waals surface area contributed by atoms with Crippen molar-refractivity contribution < 1.29 is 13.6 Å². The van der Waals surface area contributed by atoms with Crippen molar-refractivity contribution in [3.8, 4) is 11.1 Å². The van der Waals surface area contributed by atoms with E-state index in [9.17, 15) is 9.18 Å². The highest BCUT2D eigenvalue weighted by atomic mass is 32.2. The number of hydrazine groups is 2. The molecule has 1 aliphatic rings. The minimum atomic E-state index is -0.463. The van der Waals surface area contributed by atoms with Crippen LogP contribution in [-0.4, -0.2) is 30.2 Å². The van der Waals surface area contributed by atoms with Gasteiger partial charge in [-0.3, -0.25) is 5.01 Å². The van der Waals surface area contributed by atoms with Crippen LogP contribution in [-0.2, 0) is 4.79 Å². The van der Waals surface area contributed by atoms with E-state index < -0.39 is 6.04 Å². The van der Waals surface area contributed by atoms with Crippen molar-refractivity contribution in [2.45, 2.75) is 23.8 Å². The Kier molecular flexibility index (Phi) is 6.53. The minimum Gasteiger partial charge on any atom is -0.301 e. The molecule has 1 fully saturated rings. The van der Waals surface area contributed by atoms with Crippen LogP contribution in [0.3, 0.4) is 0 Å². The molecule has 0 spiro atoms. The van der Waals surface area contributed by atoms with E-state index in [1.165, 1.54) is 18.2 Å². The van der Waals surface area contributed by atoms with Crippen molar-refractivity contribution >= 4 is 29.4 Å². The van der Waals surface area contributed by atoms with Crippen LogP contribution in [0.25, 0.3) is 11.1 Å². The molecule has 4 nitrogen and oxygen atoms in total. The first-order valence-electron chi connectivity index (χ1n) is 10.1. The first-order chi connectivity index (χ1) is 15.1. The first-order valence-corrected chi connectivity index (χ1v) is 11.3.